The van der Waals surface area contributed by atoms with E-state index >= 15 is 0 Å². The SMILES string of the molecule is [B]c1ccc(Nc2ncnc3cc(OCCCN(C)C)c(OC)cc23)c(F)c1. The van der Waals surface area contributed by atoms with E-state index in [4.69, 9.17) is 17.3 Å². The number of fused-ring (bicyclic) bond motifs is 1. The fourth-order valence-corrected chi connectivity index (χ4v) is 2.76. The Morgan fingerprint density at radius 3 is 2.68 bits per heavy atom. The van der Waals surface area contributed by atoms with Crippen molar-refractivity contribution in [1.29, 1.82) is 0 Å². The number of aromatic nitrogens is 2. The molecule has 0 aliphatic rings. The van der Waals surface area contributed by atoms with Gasteiger partial charge in [0, 0.05) is 18.0 Å². The van der Waals surface area contributed by atoms with Gasteiger partial charge in [0.05, 0.1) is 24.9 Å². The van der Waals surface area contributed by atoms with Gasteiger partial charge in [-0.1, -0.05) is 11.5 Å². The van der Waals surface area contributed by atoms with E-state index in [1.807, 2.05) is 14.1 Å². The Kier molecular flexibility index (Phi) is 6.31. The van der Waals surface area contributed by atoms with Crippen molar-refractivity contribution < 1.29 is 13.9 Å². The molecule has 0 saturated carbocycles. The highest BCUT2D eigenvalue weighted by atomic mass is 19.1. The molecule has 28 heavy (non-hydrogen) atoms. The normalized spacial score (nSPS) is 11.0. The summed E-state index contributed by atoms with van der Waals surface area (Å²) in [5, 5.41) is 3.69. The van der Waals surface area contributed by atoms with Gasteiger partial charge in [0.15, 0.2) is 11.5 Å². The number of nitrogens with zero attached hydrogens (tertiary/aromatic N) is 3. The van der Waals surface area contributed by atoms with Gasteiger partial charge in [-0.2, -0.15) is 0 Å². The molecular weight excluding hydrogens is 358 g/mol. The van der Waals surface area contributed by atoms with Gasteiger partial charge >= 0.3 is 0 Å². The van der Waals surface area contributed by atoms with E-state index in [2.05, 4.69) is 20.2 Å². The van der Waals surface area contributed by atoms with Crippen molar-refractivity contribution in [2.24, 2.45) is 0 Å². The zero-order chi connectivity index (χ0) is 20.1. The first-order valence-corrected chi connectivity index (χ1v) is 8.90. The van der Waals surface area contributed by atoms with E-state index in [1.54, 1.807) is 31.4 Å². The molecule has 1 heterocycles. The molecule has 2 radical (unpaired) electrons. The predicted octanol–water partition coefficient (Wildman–Crippen LogP) is 2.65. The summed E-state index contributed by atoms with van der Waals surface area (Å²) >= 11 is 0. The first-order chi connectivity index (χ1) is 13.5. The molecule has 144 valence electrons. The first kappa shape index (κ1) is 19.9. The van der Waals surface area contributed by atoms with Gasteiger partial charge in [0.2, 0.25) is 0 Å². The lowest BCUT2D eigenvalue weighted by molar-refractivity contribution is 0.268. The number of hydrogen-bond donors (Lipinski definition) is 1. The molecule has 0 unspecified atom stereocenters. The van der Waals surface area contributed by atoms with E-state index in [9.17, 15) is 4.39 Å². The predicted molar refractivity (Wildman–Crippen MR) is 110 cm³/mol. The van der Waals surface area contributed by atoms with E-state index in [-0.39, 0.29) is 5.69 Å². The summed E-state index contributed by atoms with van der Waals surface area (Å²) in [6.45, 7) is 1.49. The quantitative estimate of drug-likeness (QED) is 0.479. The Labute approximate surface area is 165 Å². The summed E-state index contributed by atoms with van der Waals surface area (Å²) in [5.74, 6) is 1.18. The summed E-state index contributed by atoms with van der Waals surface area (Å²) in [6, 6.07) is 8.03. The number of rotatable bonds is 8. The highest BCUT2D eigenvalue weighted by molar-refractivity contribution is 6.32. The number of nitrogens with one attached hydrogen (secondary N) is 1. The van der Waals surface area contributed by atoms with Crippen LogP contribution in [0.25, 0.3) is 10.9 Å². The molecule has 0 aliphatic heterocycles. The van der Waals surface area contributed by atoms with Gasteiger partial charge in [0.1, 0.15) is 25.8 Å². The van der Waals surface area contributed by atoms with Gasteiger partial charge in [0.25, 0.3) is 0 Å². The number of hydrogen-bond acceptors (Lipinski definition) is 6. The molecule has 0 atom stereocenters. The van der Waals surface area contributed by atoms with Crippen molar-refractivity contribution >= 4 is 35.7 Å². The highest BCUT2D eigenvalue weighted by Crippen LogP contribution is 2.35. The zero-order valence-electron chi connectivity index (χ0n) is 16.2. The molecule has 1 N–H and O–H groups in total. The fourth-order valence-electron chi connectivity index (χ4n) is 2.76. The molecule has 0 bridgehead atoms. The van der Waals surface area contributed by atoms with Crippen LogP contribution in [-0.2, 0) is 0 Å². The molecule has 0 aliphatic carbocycles. The van der Waals surface area contributed by atoms with Crippen LogP contribution in [0.4, 0.5) is 15.9 Å². The third-order valence-corrected chi connectivity index (χ3v) is 4.17. The smallest absolute Gasteiger partial charge is 0.163 e. The third-order valence-electron chi connectivity index (χ3n) is 4.17. The highest BCUT2D eigenvalue weighted by Gasteiger charge is 2.13. The van der Waals surface area contributed by atoms with Crippen molar-refractivity contribution in [2.45, 2.75) is 6.42 Å². The minimum Gasteiger partial charge on any atom is -0.493 e. The van der Waals surface area contributed by atoms with Crippen LogP contribution < -0.4 is 20.3 Å². The van der Waals surface area contributed by atoms with Crippen LogP contribution in [0.3, 0.4) is 0 Å². The van der Waals surface area contributed by atoms with Crippen molar-refractivity contribution in [3.63, 3.8) is 0 Å². The maximum Gasteiger partial charge on any atom is 0.163 e. The fraction of sp³-hybridized carbons (Fsp3) is 0.300. The first-order valence-electron chi connectivity index (χ1n) is 8.90. The molecule has 6 nitrogen and oxygen atoms in total. The van der Waals surface area contributed by atoms with Crippen LogP contribution in [0.2, 0.25) is 0 Å². The summed E-state index contributed by atoms with van der Waals surface area (Å²) in [5.41, 5.74) is 1.29. The second-order valence-electron chi connectivity index (χ2n) is 6.61. The molecule has 0 fully saturated rings. The van der Waals surface area contributed by atoms with Gasteiger partial charge in [-0.15, -0.1) is 0 Å². The van der Waals surface area contributed by atoms with Crippen molar-refractivity contribution in [1.82, 2.24) is 14.9 Å². The topological polar surface area (TPSA) is 59.5 Å². The van der Waals surface area contributed by atoms with Gasteiger partial charge in [-0.05, 0) is 38.7 Å². The van der Waals surface area contributed by atoms with Gasteiger partial charge in [-0.3, -0.25) is 0 Å². The lowest BCUT2D eigenvalue weighted by Crippen LogP contribution is -2.15. The Morgan fingerprint density at radius 2 is 1.96 bits per heavy atom. The van der Waals surface area contributed by atoms with Crippen LogP contribution in [0.5, 0.6) is 11.5 Å². The lowest BCUT2D eigenvalue weighted by Gasteiger charge is -2.15. The maximum absolute atomic E-state index is 14.1. The van der Waals surface area contributed by atoms with E-state index in [0.29, 0.717) is 40.3 Å². The second-order valence-corrected chi connectivity index (χ2v) is 6.61. The largest absolute Gasteiger partial charge is 0.493 e. The third kappa shape index (κ3) is 4.70. The monoisotopic (exact) mass is 380 g/mol. The van der Waals surface area contributed by atoms with E-state index < -0.39 is 5.82 Å². The average molecular weight is 380 g/mol. The van der Waals surface area contributed by atoms with Crippen molar-refractivity contribution in [3.8, 4) is 11.5 Å². The molecule has 0 amide bonds. The molecule has 3 aromatic rings. The van der Waals surface area contributed by atoms with Gasteiger partial charge < -0.3 is 19.7 Å². The Morgan fingerprint density at radius 1 is 1.14 bits per heavy atom. The van der Waals surface area contributed by atoms with E-state index in [1.165, 1.54) is 12.4 Å². The second kappa shape index (κ2) is 8.88. The zero-order valence-corrected chi connectivity index (χ0v) is 16.2. The van der Waals surface area contributed by atoms with Crippen LogP contribution in [0, 0.1) is 5.82 Å². The van der Waals surface area contributed by atoms with Crippen LogP contribution in [0.15, 0.2) is 36.7 Å². The number of halogens is 1. The lowest BCUT2D eigenvalue weighted by atomic mass is 9.96. The molecular formula is C20H22BFN4O2. The summed E-state index contributed by atoms with van der Waals surface area (Å²) in [6.07, 6.45) is 2.31. The molecule has 0 saturated heterocycles. The minimum absolute atomic E-state index is 0.275. The molecule has 8 heteroatoms. The molecule has 0 spiro atoms. The Balaban J connectivity index is 1.89. The van der Waals surface area contributed by atoms with E-state index in [0.717, 1.165) is 13.0 Å². The van der Waals surface area contributed by atoms with Crippen molar-refractivity contribution in [3.05, 3.63) is 42.5 Å². The minimum atomic E-state index is -0.459. The molecule has 3 rings (SSSR count). The van der Waals surface area contributed by atoms with Crippen LogP contribution >= 0.6 is 0 Å². The standard InChI is InChI=1S/C20H22BFN4O2/c1-26(2)7-4-8-28-19-11-17-14(10-18(19)27-3)20(24-12-23-17)25-16-6-5-13(21)9-15(16)22/h5-6,9-12H,4,7-8H2,1-3H3,(H,23,24,25). The van der Waals surface area contributed by atoms with Crippen molar-refractivity contribution in [2.75, 3.05) is 39.7 Å². The number of methoxy groups -OCH3 is 1. The van der Waals surface area contributed by atoms with Crippen LogP contribution in [-0.4, -0.2) is 57.1 Å². The van der Waals surface area contributed by atoms with Crippen LogP contribution in [0.1, 0.15) is 6.42 Å². The number of anilines is 2. The Bertz CT molecular complexity index is 968. The summed E-state index contributed by atoms with van der Waals surface area (Å²) in [7, 11) is 11.2. The Hall–Kier alpha value is -2.87. The summed E-state index contributed by atoms with van der Waals surface area (Å²) < 4.78 is 25.5. The number of benzene rings is 2. The summed E-state index contributed by atoms with van der Waals surface area (Å²) in [4.78, 5) is 10.6. The maximum atomic E-state index is 14.1. The average Bonchev–Trinajstić information content (AvgIpc) is 2.66. The molecule has 1 aromatic heterocycles. The number of ether oxygens (including phenoxy) is 2. The molecule has 2 aromatic carbocycles. The van der Waals surface area contributed by atoms with Gasteiger partial charge in [-0.25, -0.2) is 14.4 Å².